The molecule has 1 amide bonds. The van der Waals surface area contributed by atoms with Crippen LogP contribution in [-0.4, -0.2) is 17.0 Å². The summed E-state index contributed by atoms with van der Waals surface area (Å²) in [7, 11) is 0. The highest BCUT2D eigenvalue weighted by molar-refractivity contribution is 7.14. The maximum absolute atomic E-state index is 12.1. The van der Waals surface area contributed by atoms with Crippen molar-refractivity contribution in [1.82, 2.24) is 0 Å². The number of aromatic carboxylic acids is 1. The number of hydrogen-bond donors (Lipinski definition) is 2. The third kappa shape index (κ3) is 3.05. The minimum absolute atomic E-state index is 0.166. The summed E-state index contributed by atoms with van der Waals surface area (Å²) in [6.45, 7) is 3.82. The number of amides is 1. The van der Waals surface area contributed by atoms with Crippen LogP contribution >= 0.6 is 11.3 Å². The molecule has 2 rings (SSSR count). The fourth-order valence-electron chi connectivity index (χ4n) is 1.81. The van der Waals surface area contributed by atoms with E-state index in [9.17, 15) is 9.59 Å². The average molecular weight is 289 g/mol. The molecule has 1 aromatic heterocycles. The topological polar surface area (TPSA) is 66.4 Å². The molecule has 20 heavy (non-hydrogen) atoms. The lowest BCUT2D eigenvalue weighted by molar-refractivity contribution is 0.0696. The number of aryl methyl sites for hydroxylation is 2. The molecule has 0 saturated carbocycles. The molecule has 104 valence electrons. The van der Waals surface area contributed by atoms with Gasteiger partial charge in [-0.2, -0.15) is 0 Å². The van der Waals surface area contributed by atoms with Gasteiger partial charge in [0.2, 0.25) is 0 Å². The number of carboxylic acid groups (broad SMARTS) is 1. The van der Waals surface area contributed by atoms with Gasteiger partial charge < -0.3 is 10.4 Å². The maximum Gasteiger partial charge on any atom is 0.335 e. The van der Waals surface area contributed by atoms with Crippen LogP contribution in [0.15, 0.2) is 30.3 Å². The van der Waals surface area contributed by atoms with E-state index >= 15 is 0 Å². The third-order valence-corrected chi connectivity index (χ3v) is 4.18. The van der Waals surface area contributed by atoms with Crippen molar-refractivity contribution >= 4 is 28.9 Å². The summed E-state index contributed by atoms with van der Waals surface area (Å²) in [5.41, 5.74) is 1.57. The van der Waals surface area contributed by atoms with Gasteiger partial charge in [0.15, 0.2) is 0 Å². The Morgan fingerprint density at radius 1 is 1.25 bits per heavy atom. The Kier molecular flexibility index (Phi) is 4.20. The average Bonchev–Trinajstić information content (AvgIpc) is 2.89. The SMILES string of the molecule is CCc1ccc(C(=O)Nc2ccc(C(=O)O)cc2C)s1. The van der Waals surface area contributed by atoms with Gasteiger partial charge in [-0.25, -0.2) is 4.79 Å². The molecule has 0 saturated heterocycles. The molecule has 2 N–H and O–H groups in total. The van der Waals surface area contributed by atoms with E-state index in [-0.39, 0.29) is 11.5 Å². The van der Waals surface area contributed by atoms with E-state index in [0.717, 1.165) is 16.9 Å². The predicted molar refractivity (Wildman–Crippen MR) is 79.8 cm³/mol. The zero-order valence-corrected chi connectivity index (χ0v) is 12.1. The summed E-state index contributed by atoms with van der Waals surface area (Å²) in [6, 6.07) is 8.39. The van der Waals surface area contributed by atoms with Crippen molar-refractivity contribution in [2.75, 3.05) is 5.32 Å². The molecule has 1 heterocycles. The molecule has 0 bridgehead atoms. The first-order valence-corrected chi connectivity index (χ1v) is 7.07. The molecular weight excluding hydrogens is 274 g/mol. The van der Waals surface area contributed by atoms with E-state index in [1.165, 1.54) is 17.4 Å². The fraction of sp³-hybridized carbons (Fsp3) is 0.200. The summed E-state index contributed by atoms with van der Waals surface area (Å²) in [5.74, 6) is -1.14. The lowest BCUT2D eigenvalue weighted by Crippen LogP contribution is -2.11. The third-order valence-electron chi connectivity index (χ3n) is 2.96. The highest BCUT2D eigenvalue weighted by Gasteiger charge is 2.11. The molecule has 4 nitrogen and oxygen atoms in total. The second-order valence-electron chi connectivity index (χ2n) is 4.41. The number of benzene rings is 1. The normalized spacial score (nSPS) is 10.3. The van der Waals surface area contributed by atoms with Gasteiger partial charge >= 0.3 is 5.97 Å². The summed E-state index contributed by atoms with van der Waals surface area (Å²) in [5, 5.41) is 11.7. The first-order valence-electron chi connectivity index (χ1n) is 6.25. The van der Waals surface area contributed by atoms with Crippen LogP contribution in [0.1, 0.15) is 37.4 Å². The zero-order valence-electron chi connectivity index (χ0n) is 11.3. The van der Waals surface area contributed by atoms with Crippen LogP contribution in [0.4, 0.5) is 5.69 Å². The Morgan fingerprint density at radius 3 is 2.55 bits per heavy atom. The lowest BCUT2D eigenvalue weighted by atomic mass is 10.1. The van der Waals surface area contributed by atoms with Crippen molar-refractivity contribution in [3.05, 3.63) is 51.2 Å². The minimum Gasteiger partial charge on any atom is -0.478 e. The zero-order chi connectivity index (χ0) is 14.7. The van der Waals surface area contributed by atoms with Crippen molar-refractivity contribution in [1.29, 1.82) is 0 Å². The second-order valence-corrected chi connectivity index (χ2v) is 5.58. The van der Waals surface area contributed by atoms with Crippen LogP contribution < -0.4 is 5.32 Å². The fourth-order valence-corrected chi connectivity index (χ4v) is 2.65. The highest BCUT2D eigenvalue weighted by Crippen LogP contribution is 2.21. The number of hydrogen-bond acceptors (Lipinski definition) is 3. The van der Waals surface area contributed by atoms with Crippen LogP contribution in [0.3, 0.4) is 0 Å². The van der Waals surface area contributed by atoms with Gasteiger partial charge in [0, 0.05) is 10.6 Å². The number of carbonyl (C=O) groups excluding carboxylic acids is 1. The lowest BCUT2D eigenvalue weighted by Gasteiger charge is -2.08. The molecule has 0 unspecified atom stereocenters. The number of carbonyl (C=O) groups is 2. The van der Waals surface area contributed by atoms with E-state index in [1.54, 1.807) is 25.1 Å². The monoisotopic (exact) mass is 289 g/mol. The first kappa shape index (κ1) is 14.3. The second kappa shape index (κ2) is 5.88. The van der Waals surface area contributed by atoms with Crippen LogP contribution in [-0.2, 0) is 6.42 Å². The molecule has 0 aliphatic heterocycles. The Morgan fingerprint density at radius 2 is 2.00 bits per heavy atom. The predicted octanol–water partition coefficient (Wildman–Crippen LogP) is 3.57. The molecule has 1 aromatic carbocycles. The molecule has 0 atom stereocenters. The molecule has 2 aromatic rings. The van der Waals surface area contributed by atoms with E-state index in [0.29, 0.717) is 10.6 Å². The van der Waals surface area contributed by atoms with Crippen molar-refractivity contribution in [2.24, 2.45) is 0 Å². The van der Waals surface area contributed by atoms with Crippen LogP contribution in [0, 0.1) is 6.92 Å². The van der Waals surface area contributed by atoms with Gasteiger partial charge in [-0.15, -0.1) is 11.3 Å². The molecule has 0 aliphatic rings. The van der Waals surface area contributed by atoms with Gasteiger partial charge in [-0.1, -0.05) is 6.92 Å². The molecular formula is C15H15NO3S. The molecule has 0 spiro atoms. The van der Waals surface area contributed by atoms with Gasteiger partial charge in [0.05, 0.1) is 10.4 Å². The van der Waals surface area contributed by atoms with Crippen molar-refractivity contribution < 1.29 is 14.7 Å². The van der Waals surface area contributed by atoms with Gasteiger partial charge in [-0.05, 0) is 49.2 Å². The van der Waals surface area contributed by atoms with Crippen molar-refractivity contribution in [2.45, 2.75) is 20.3 Å². The van der Waals surface area contributed by atoms with E-state index in [2.05, 4.69) is 5.32 Å². The number of anilines is 1. The number of rotatable bonds is 4. The number of nitrogens with one attached hydrogen (secondary N) is 1. The van der Waals surface area contributed by atoms with E-state index < -0.39 is 5.97 Å². The van der Waals surface area contributed by atoms with Gasteiger partial charge in [0.1, 0.15) is 0 Å². The Bertz CT molecular complexity index is 661. The maximum atomic E-state index is 12.1. The standard InChI is InChI=1S/C15H15NO3S/c1-3-11-5-7-13(20-11)14(17)16-12-6-4-10(15(18)19)8-9(12)2/h4-8H,3H2,1-2H3,(H,16,17)(H,18,19). The van der Waals surface area contributed by atoms with Gasteiger partial charge in [0.25, 0.3) is 5.91 Å². The Labute approximate surface area is 121 Å². The highest BCUT2D eigenvalue weighted by atomic mass is 32.1. The summed E-state index contributed by atoms with van der Waals surface area (Å²) >= 11 is 1.47. The Balaban J connectivity index is 2.17. The quantitative estimate of drug-likeness (QED) is 0.904. The molecule has 0 radical (unpaired) electrons. The summed E-state index contributed by atoms with van der Waals surface area (Å²) in [4.78, 5) is 24.8. The summed E-state index contributed by atoms with van der Waals surface area (Å²) in [6.07, 6.45) is 0.907. The van der Waals surface area contributed by atoms with E-state index in [1.807, 2.05) is 13.0 Å². The van der Waals surface area contributed by atoms with Crippen LogP contribution in [0.25, 0.3) is 0 Å². The molecule has 5 heteroatoms. The molecule has 0 fully saturated rings. The van der Waals surface area contributed by atoms with Crippen LogP contribution in [0.5, 0.6) is 0 Å². The summed E-state index contributed by atoms with van der Waals surface area (Å²) < 4.78 is 0. The first-order chi connectivity index (χ1) is 9.51. The smallest absolute Gasteiger partial charge is 0.335 e. The van der Waals surface area contributed by atoms with Crippen LogP contribution in [0.2, 0.25) is 0 Å². The van der Waals surface area contributed by atoms with Crippen molar-refractivity contribution in [3.63, 3.8) is 0 Å². The Hall–Kier alpha value is -2.14. The molecule has 0 aliphatic carbocycles. The number of carboxylic acids is 1. The largest absolute Gasteiger partial charge is 0.478 e. The van der Waals surface area contributed by atoms with E-state index in [4.69, 9.17) is 5.11 Å². The van der Waals surface area contributed by atoms with Crippen molar-refractivity contribution in [3.8, 4) is 0 Å². The number of thiophene rings is 1. The van der Waals surface area contributed by atoms with Gasteiger partial charge in [-0.3, -0.25) is 4.79 Å². The minimum atomic E-state index is -0.975.